The van der Waals surface area contributed by atoms with E-state index in [1.165, 1.54) is 54.2 Å². The van der Waals surface area contributed by atoms with Crippen LogP contribution in [0.15, 0.2) is 218 Å². The second-order valence-electron chi connectivity index (χ2n) is 15.6. The molecule has 0 aliphatic carbocycles. The van der Waals surface area contributed by atoms with E-state index in [-0.39, 0.29) is 0 Å². The number of hydrogen-bond acceptors (Lipinski definition) is 3. The molecule has 2 aromatic heterocycles. The number of hydrogen-bond donors (Lipinski definition) is 0. The van der Waals surface area contributed by atoms with Crippen molar-refractivity contribution in [2.24, 2.45) is 0 Å². The van der Waals surface area contributed by atoms with Crippen molar-refractivity contribution >= 4 is 54.1 Å². The number of fused-ring (bicyclic) bond motifs is 9. The van der Waals surface area contributed by atoms with Crippen LogP contribution in [0, 0.1) is 0 Å². The van der Waals surface area contributed by atoms with E-state index in [1.807, 2.05) is 36.4 Å². The highest BCUT2D eigenvalue weighted by atomic mass is 15.0. The highest BCUT2D eigenvalue weighted by Crippen LogP contribution is 2.41. The maximum absolute atomic E-state index is 5.23. The zero-order valence-corrected chi connectivity index (χ0v) is 33.1. The van der Waals surface area contributed by atoms with Crippen LogP contribution < -0.4 is 0 Å². The summed E-state index contributed by atoms with van der Waals surface area (Å²) in [6, 6.07) is 77.8. The zero-order valence-electron chi connectivity index (χ0n) is 33.1. The molecule has 0 radical (unpaired) electrons. The second-order valence-corrected chi connectivity index (χ2v) is 15.6. The Labute approximate surface area is 352 Å². The van der Waals surface area contributed by atoms with Crippen LogP contribution in [0.3, 0.4) is 0 Å². The Morgan fingerprint density at radius 3 is 1.23 bits per heavy atom. The monoisotopic (exact) mass is 776 g/mol. The van der Waals surface area contributed by atoms with E-state index in [0.29, 0.717) is 17.5 Å². The van der Waals surface area contributed by atoms with Gasteiger partial charge in [-0.3, -0.25) is 0 Å². The highest BCUT2D eigenvalue weighted by molar-refractivity contribution is 6.25. The molecule has 12 aromatic rings. The summed E-state index contributed by atoms with van der Waals surface area (Å²) < 4.78 is 2.41. The Morgan fingerprint density at radius 2 is 0.639 bits per heavy atom. The maximum atomic E-state index is 5.23. The summed E-state index contributed by atoms with van der Waals surface area (Å²) >= 11 is 0. The number of nitrogens with zero attached hydrogens (tertiary/aromatic N) is 4. The summed E-state index contributed by atoms with van der Waals surface area (Å²) in [4.78, 5) is 15.5. The van der Waals surface area contributed by atoms with E-state index >= 15 is 0 Å². The normalized spacial score (nSPS) is 11.6. The largest absolute Gasteiger partial charge is 0.309 e. The Kier molecular flexibility index (Phi) is 8.13. The van der Waals surface area contributed by atoms with Crippen molar-refractivity contribution in [1.82, 2.24) is 19.5 Å². The van der Waals surface area contributed by atoms with Crippen LogP contribution >= 0.6 is 0 Å². The van der Waals surface area contributed by atoms with E-state index in [2.05, 4.69) is 187 Å². The topological polar surface area (TPSA) is 43.6 Å². The van der Waals surface area contributed by atoms with Gasteiger partial charge in [0.1, 0.15) is 0 Å². The molecule has 0 aliphatic heterocycles. The van der Waals surface area contributed by atoms with Gasteiger partial charge in [0.2, 0.25) is 0 Å². The second kappa shape index (κ2) is 14.3. The number of aromatic nitrogens is 4. The minimum absolute atomic E-state index is 0.610. The van der Waals surface area contributed by atoms with Gasteiger partial charge in [-0.05, 0) is 91.0 Å². The molecule has 0 unspecified atom stereocenters. The molecule has 0 saturated heterocycles. The molecule has 0 bridgehead atoms. The van der Waals surface area contributed by atoms with E-state index in [9.17, 15) is 0 Å². The first kappa shape index (κ1) is 34.8. The first-order valence-corrected chi connectivity index (χ1v) is 20.7. The van der Waals surface area contributed by atoms with Crippen LogP contribution in [0.2, 0.25) is 0 Å². The van der Waals surface area contributed by atoms with Gasteiger partial charge in [0.05, 0.1) is 11.0 Å². The van der Waals surface area contributed by atoms with Crippen molar-refractivity contribution in [2.75, 3.05) is 0 Å². The molecule has 0 fully saturated rings. The number of rotatable bonds is 6. The number of para-hydroxylation sites is 1. The Balaban J connectivity index is 1.16. The standard InChI is InChI=1S/C57H36N4/c1-4-16-37(17-5-1)41-29-31-51-50-26-14-15-27-53(50)61(54(51)36-41)44-33-42(40-28-30-49-47-24-11-10-22-45(47)46-23-12-13-25-48(46)52(49)35-40)32-43(34-44)57-59-55(38-18-6-2-7-19-38)58-56(60-57)39-20-8-3-9-21-39/h1-36H. The zero-order chi connectivity index (χ0) is 40.3. The number of benzene rings is 10. The lowest BCUT2D eigenvalue weighted by Crippen LogP contribution is -2.02. The molecule has 4 nitrogen and oxygen atoms in total. The average molecular weight is 777 g/mol. The highest BCUT2D eigenvalue weighted by Gasteiger charge is 2.19. The van der Waals surface area contributed by atoms with Gasteiger partial charge in [-0.2, -0.15) is 0 Å². The summed E-state index contributed by atoms with van der Waals surface area (Å²) in [6.07, 6.45) is 0. The summed E-state index contributed by atoms with van der Waals surface area (Å²) in [5.41, 5.74) is 10.6. The average Bonchev–Trinajstić information content (AvgIpc) is 3.68. The summed E-state index contributed by atoms with van der Waals surface area (Å²) in [7, 11) is 0. The summed E-state index contributed by atoms with van der Waals surface area (Å²) in [5.74, 6) is 1.87. The lowest BCUT2D eigenvalue weighted by atomic mass is 9.91. The molecule has 0 atom stereocenters. The van der Waals surface area contributed by atoms with Gasteiger partial charge < -0.3 is 4.57 Å². The van der Waals surface area contributed by atoms with Gasteiger partial charge in [-0.25, -0.2) is 15.0 Å². The van der Waals surface area contributed by atoms with E-state index in [1.54, 1.807) is 0 Å². The molecule has 0 amide bonds. The van der Waals surface area contributed by atoms with Crippen molar-refractivity contribution in [3.05, 3.63) is 218 Å². The van der Waals surface area contributed by atoms with E-state index in [0.717, 1.165) is 44.5 Å². The van der Waals surface area contributed by atoms with Crippen LogP contribution in [-0.2, 0) is 0 Å². The van der Waals surface area contributed by atoms with Crippen LogP contribution in [0.5, 0.6) is 0 Å². The lowest BCUT2D eigenvalue weighted by molar-refractivity contribution is 1.07. The molecule has 61 heavy (non-hydrogen) atoms. The minimum atomic E-state index is 0.610. The molecule has 10 aromatic carbocycles. The van der Waals surface area contributed by atoms with Crippen molar-refractivity contribution in [2.45, 2.75) is 0 Å². The quantitative estimate of drug-likeness (QED) is 0.158. The molecular formula is C57H36N4. The van der Waals surface area contributed by atoms with Crippen LogP contribution in [-0.4, -0.2) is 19.5 Å². The molecule has 0 saturated carbocycles. The van der Waals surface area contributed by atoms with Gasteiger partial charge in [-0.1, -0.05) is 182 Å². The Hall–Kier alpha value is -8.21. The third kappa shape index (κ3) is 5.96. The van der Waals surface area contributed by atoms with Gasteiger partial charge >= 0.3 is 0 Å². The fourth-order valence-electron chi connectivity index (χ4n) is 9.12. The fourth-order valence-corrected chi connectivity index (χ4v) is 9.12. The first-order chi connectivity index (χ1) is 30.2. The van der Waals surface area contributed by atoms with Gasteiger partial charge in [0.25, 0.3) is 0 Å². The van der Waals surface area contributed by atoms with Crippen molar-refractivity contribution in [1.29, 1.82) is 0 Å². The Bertz CT molecular complexity index is 3540. The molecule has 0 spiro atoms. The van der Waals surface area contributed by atoms with Crippen LogP contribution in [0.25, 0.3) is 116 Å². The minimum Gasteiger partial charge on any atom is -0.309 e. The molecule has 2 heterocycles. The smallest absolute Gasteiger partial charge is 0.164 e. The van der Waals surface area contributed by atoms with Crippen LogP contribution in [0.4, 0.5) is 0 Å². The van der Waals surface area contributed by atoms with Crippen LogP contribution in [0.1, 0.15) is 0 Å². The fraction of sp³-hybridized carbons (Fsp3) is 0. The van der Waals surface area contributed by atoms with Gasteiger partial charge in [0, 0.05) is 33.2 Å². The Morgan fingerprint density at radius 1 is 0.230 bits per heavy atom. The maximum Gasteiger partial charge on any atom is 0.164 e. The molecule has 284 valence electrons. The third-order valence-corrected chi connectivity index (χ3v) is 12.0. The van der Waals surface area contributed by atoms with Gasteiger partial charge in [-0.15, -0.1) is 0 Å². The van der Waals surface area contributed by atoms with Crippen molar-refractivity contribution in [3.63, 3.8) is 0 Å². The summed E-state index contributed by atoms with van der Waals surface area (Å²) in [5, 5.41) is 9.87. The predicted octanol–water partition coefficient (Wildman–Crippen LogP) is 14.8. The molecule has 4 heteroatoms. The summed E-state index contributed by atoms with van der Waals surface area (Å²) in [6.45, 7) is 0. The predicted molar refractivity (Wildman–Crippen MR) is 254 cm³/mol. The molecule has 12 rings (SSSR count). The third-order valence-electron chi connectivity index (χ3n) is 12.0. The molecule has 0 N–H and O–H groups in total. The van der Waals surface area contributed by atoms with E-state index < -0.39 is 0 Å². The lowest BCUT2D eigenvalue weighted by Gasteiger charge is -2.16. The van der Waals surface area contributed by atoms with E-state index in [4.69, 9.17) is 15.0 Å². The van der Waals surface area contributed by atoms with Gasteiger partial charge in [0.15, 0.2) is 17.5 Å². The van der Waals surface area contributed by atoms with Crippen molar-refractivity contribution < 1.29 is 0 Å². The molecule has 0 aliphatic rings. The first-order valence-electron chi connectivity index (χ1n) is 20.7. The van der Waals surface area contributed by atoms with Crippen molar-refractivity contribution in [3.8, 4) is 62.1 Å². The molecular weight excluding hydrogens is 741 g/mol. The SMILES string of the molecule is c1ccc(-c2ccc3c4ccccc4n(-c4cc(-c5ccc6c7ccccc7c7ccccc7c6c5)cc(-c5nc(-c6ccccc6)nc(-c6ccccc6)n5)c4)c3c2)cc1.